The quantitative estimate of drug-likeness (QED) is 0.391. The van der Waals surface area contributed by atoms with Crippen molar-refractivity contribution in [3.8, 4) is 17.1 Å². The maximum Gasteiger partial charge on any atom is 0.226 e. The number of rotatable bonds is 7. The van der Waals surface area contributed by atoms with Crippen LogP contribution in [-0.2, 0) is 4.79 Å². The summed E-state index contributed by atoms with van der Waals surface area (Å²) in [7, 11) is 1.57. The van der Waals surface area contributed by atoms with Gasteiger partial charge in [-0.2, -0.15) is 5.21 Å². The molecule has 0 aliphatic rings. The third-order valence-corrected chi connectivity index (χ3v) is 5.62. The number of fused-ring (bicyclic) bond motifs is 1. The third-order valence-electron chi connectivity index (χ3n) is 5.62. The van der Waals surface area contributed by atoms with E-state index in [1.54, 1.807) is 25.3 Å². The van der Waals surface area contributed by atoms with Crippen LogP contribution in [0.1, 0.15) is 18.0 Å². The largest absolute Gasteiger partial charge is 0.496 e. The van der Waals surface area contributed by atoms with Crippen LogP contribution < -0.4 is 10.1 Å². The predicted octanol–water partition coefficient (Wildman–Crippen LogP) is 4.45. The number of hydrogen-bond acceptors (Lipinski definition) is 5. The number of nitrogens with zero attached hydrogens (tertiary/aromatic N) is 4. The van der Waals surface area contributed by atoms with Gasteiger partial charge in [0.1, 0.15) is 5.75 Å². The zero-order chi connectivity index (χ0) is 22.6. The lowest BCUT2D eigenvalue weighted by Gasteiger charge is -2.21. The summed E-state index contributed by atoms with van der Waals surface area (Å²) in [6.45, 7) is 0. The Morgan fingerprint density at radius 1 is 1.06 bits per heavy atom. The molecule has 33 heavy (non-hydrogen) atoms. The summed E-state index contributed by atoms with van der Waals surface area (Å²) in [5.74, 6) is 0.880. The fourth-order valence-corrected chi connectivity index (χ4v) is 4.10. The van der Waals surface area contributed by atoms with E-state index in [0.717, 1.165) is 16.3 Å². The highest BCUT2D eigenvalue weighted by Crippen LogP contribution is 2.32. The van der Waals surface area contributed by atoms with Gasteiger partial charge in [0.15, 0.2) is 0 Å². The molecule has 0 aliphatic heterocycles. The molecule has 8 nitrogen and oxygen atoms in total. The Labute approximate surface area is 190 Å². The van der Waals surface area contributed by atoms with E-state index in [9.17, 15) is 4.79 Å². The van der Waals surface area contributed by atoms with E-state index in [4.69, 9.17) is 4.74 Å². The number of nitrogens with one attached hydrogen (secondary N) is 2. The van der Waals surface area contributed by atoms with Crippen LogP contribution >= 0.6 is 0 Å². The molecule has 3 aromatic carbocycles. The summed E-state index contributed by atoms with van der Waals surface area (Å²) in [5, 5.41) is 19.4. The van der Waals surface area contributed by atoms with E-state index >= 15 is 0 Å². The molecule has 0 bridgehead atoms. The van der Waals surface area contributed by atoms with E-state index in [0.29, 0.717) is 22.8 Å². The monoisotopic (exact) mass is 438 g/mol. The smallest absolute Gasteiger partial charge is 0.226 e. The first-order valence-corrected chi connectivity index (χ1v) is 10.5. The van der Waals surface area contributed by atoms with Crippen LogP contribution in [0.2, 0.25) is 0 Å². The lowest BCUT2D eigenvalue weighted by atomic mass is 9.96. The second kappa shape index (κ2) is 8.96. The number of aromatic amines is 1. The van der Waals surface area contributed by atoms with Crippen molar-refractivity contribution in [1.29, 1.82) is 0 Å². The van der Waals surface area contributed by atoms with Crippen molar-refractivity contribution >= 4 is 22.4 Å². The summed E-state index contributed by atoms with van der Waals surface area (Å²) in [6, 6.07) is 23.6. The first-order valence-electron chi connectivity index (χ1n) is 10.5. The molecule has 0 unspecified atom stereocenters. The molecule has 2 aromatic heterocycles. The Balaban J connectivity index is 1.44. The molecule has 2 heterocycles. The molecular weight excluding hydrogens is 416 g/mol. The number of ether oxygens (including phenoxy) is 1. The van der Waals surface area contributed by atoms with Crippen LogP contribution in [-0.4, -0.2) is 38.2 Å². The van der Waals surface area contributed by atoms with Crippen LogP contribution in [0.25, 0.3) is 22.2 Å². The zero-order valence-corrected chi connectivity index (χ0v) is 18.0. The molecule has 0 saturated carbocycles. The number of H-pyrrole nitrogens is 1. The van der Waals surface area contributed by atoms with Crippen LogP contribution in [0.15, 0.2) is 85.2 Å². The first-order chi connectivity index (χ1) is 16.2. The van der Waals surface area contributed by atoms with Crippen molar-refractivity contribution in [2.45, 2.75) is 12.5 Å². The Bertz CT molecular complexity index is 1370. The Kier molecular flexibility index (Phi) is 5.55. The summed E-state index contributed by atoms with van der Waals surface area (Å²) in [5.41, 5.74) is 2.37. The number of benzene rings is 3. The Hall–Kier alpha value is -4.46. The van der Waals surface area contributed by atoms with Crippen molar-refractivity contribution in [1.82, 2.24) is 25.2 Å². The third kappa shape index (κ3) is 4.18. The van der Waals surface area contributed by atoms with Crippen molar-refractivity contribution < 1.29 is 9.53 Å². The molecular formula is C25H22N6O2. The minimum Gasteiger partial charge on any atom is -0.496 e. The fourth-order valence-electron chi connectivity index (χ4n) is 4.10. The number of tetrazole rings is 1. The average Bonchev–Trinajstić information content (AvgIpc) is 3.57. The van der Waals surface area contributed by atoms with Crippen molar-refractivity contribution in [3.05, 3.63) is 90.8 Å². The topological polar surface area (TPSA) is 97.7 Å². The minimum atomic E-state index is -0.152. The van der Waals surface area contributed by atoms with Gasteiger partial charge in [-0.15, -0.1) is 10.2 Å². The highest BCUT2D eigenvalue weighted by atomic mass is 16.5. The Morgan fingerprint density at radius 3 is 2.67 bits per heavy atom. The van der Waals surface area contributed by atoms with Gasteiger partial charge in [-0.25, -0.2) is 0 Å². The number of methoxy groups -OCH3 is 1. The van der Waals surface area contributed by atoms with Gasteiger partial charge in [0.2, 0.25) is 11.7 Å². The molecule has 0 saturated heterocycles. The molecule has 5 rings (SSSR count). The minimum absolute atomic E-state index is 0.106. The van der Waals surface area contributed by atoms with E-state index in [-0.39, 0.29) is 18.4 Å². The molecule has 0 aliphatic carbocycles. The van der Waals surface area contributed by atoms with E-state index < -0.39 is 0 Å². The lowest BCUT2D eigenvalue weighted by molar-refractivity contribution is -0.116. The molecule has 0 radical (unpaired) electrons. The molecule has 1 amide bonds. The highest BCUT2D eigenvalue weighted by molar-refractivity contribution is 5.93. The maximum atomic E-state index is 13.2. The molecule has 164 valence electrons. The van der Waals surface area contributed by atoms with Gasteiger partial charge < -0.3 is 14.6 Å². The maximum absolute atomic E-state index is 13.2. The van der Waals surface area contributed by atoms with Gasteiger partial charge in [0.05, 0.1) is 25.1 Å². The van der Waals surface area contributed by atoms with Gasteiger partial charge >= 0.3 is 0 Å². The SMILES string of the molecule is COc1ccc(NC(=O)C[C@@H](c2cccc3ccccc23)n2cccc2)cc1-c1nn[nH]n1. The summed E-state index contributed by atoms with van der Waals surface area (Å²) >= 11 is 0. The predicted molar refractivity (Wildman–Crippen MR) is 126 cm³/mol. The number of amides is 1. The van der Waals surface area contributed by atoms with Crippen molar-refractivity contribution in [3.63, 3.8) is 0 Å². The molecule has 0 spiro atoms. The van der Waals surface area contributed by atoms with Crippen LogP contribution in [0.3, 0.4) is 0 Å². The van der Waals surface area contributed by atoms with Gasteiger partial charge in [-0.1, -0.05) is 42.5 Å². The zero-order valence-electron chi connectivity index (χ0n) is 18.0. The van der Waals surface area contributed by atoms with Crippen LogP contribution in [0, 0.1) is 0 Å². The van der Waals surface area contributed by atoms with E-state index in [1.165, 1.54) is 0 Å². The molecule has 8 heteroatoms. The highest BCUT2D eigenvalue weighted by Gasteiger charge is 2.20. The van der Waals surface area contributed by atoms with Crippen LogP contribution in [0.5, 0.6) is 5.75 Å². The number of anilines is 1. The van der Waals surface area contributed by atoms with Gasteiger partial charge in [-0.3, -0.25) is 4.79 Å². The molecule has 2 N–H and O–H groups in total. The summed E-state index contributed by atoms with van der Waals surface area (Å²) < 4.78 is 7.47. The number of carbonyl (C=O) groups excluding carboxylic acids is 1. The van der Waals surface area contributed by atoms with E-state index in [2.05, 4.69) is 54.8 Å². The molecule has 5 aromatic rings. The standard InChI is InChI=1S/C25H22N6O2/c1-33-23-12-11-18(15-21(23)25-27-29-30-28-25)26-24(32)16-22(31-13-4-5-14-31)20-10-6-8-17-7-2-3-9-19(17)20/h2-15,22H,16H2,1H3,(H,26,32)(H,27,28,29,30)/t22-/m0/s1. The van der Waals surface area contributed by atoms with Gasteiger partial charge in [0.25, 0.3) is 0 Å². The number of hydrogen-bond donors (Lipinski definition) is 2. The van der Waals surface area contributed by atoms with E-state index in [1.807, 2.05) is 42.7 Å². The lowest BCUT2D eigenvalue weighted by Crippen LogP contribution is -2.20. The first kappa shape index (κ1) is 20.4. The van der Waals surface area contributed by atoms with Gasteiger partial charge in [0, 0.05) is 18.1 Å². The summed E-state index contributed by atoms with van der Waals surface area (Å²) in [4.78, 5) is 13.2. The Morgan fingerprint density at radius 2 is 1.88 bits per heavy atom. The van der Waals surface area contributed by atoms with Gasteiger partial charge in [-0.05, 0) is 51.9 Å². The molecule has 0 fully saturated rings. The second-order valence-corrected chi connectivity index (χ2v) is 7.62. The molecule has 1 atom stereocenters. The fraction of sp³-hybridized carbons (Fsp3) is 0.120. The number of carbonyl (C=O) groups is 1. The number of aromatic nitrogens is 5. The normalized spacial score (nSPS) is 11.9. The second-order valence-electron chi connectivity index (χ2n) is 7.62. The summed E-state index contributed by atoms with van der Waals surface area (Å²) in [6.07, 6.45) is 4.25. The van der Waals surface area contributed by atoms with Crippen LogP contribution in [0.4, 0.5) is 5.69 Å². The van der Waals surface area contributed by atoms with Crippen molar-refractivity contribution in [2.75, 3.05) is 12.4 Å². The average molecular weight is 438 g/mol. The van der Waals surface area contributed by atoms with Crippen molar-refractivity contribution in [2.24, 2.45) is 0 Å².